The van der Waals surface area contributed by atoms with Crippen LogP contribution in [0.5, 0.6) is 11.5 Å². The second-order valence-corrected chi connectivity index (χ2v) is 5.65. The summed E-state index contributed by atoms with van der Waals surface area (Å²) in [6, 6.07) is 3.39. The predicted molar refractivity (Wildman–Crippen MR) is 90.4 cm³/mol. The van der Waals surface area contributed by atoms with E-state index in [-0.39, 0.29) is 5.56 Å². The number of nitrogens with one attached hydrogen (secondary N) is 2. The Morgan fingerprint density at radius 2 is 1.96 bits per heavy atom. The summed E-state index contributed by atoms with van der Waals surface area (Å²) in [5.74, 6) is 1.74. The van der Waals surface area contributed by atoms with Crippen LogP contribution in [0.3, 0.4) is 0 Å². The van der Waals surface area contributed by atoms with E-state index in [1.165, 1.54) is 4.90 Å². The minimum atomic E-state index is -0.170. The van der Waals surface area contributed by atoms with Gasteiger partial charge in [0.05, 0.1) is 38.2 Å². The molecule has 1 heterocycles. The Bertz CT molecular complexity index is 768. The Morgan fingerprint density at radius 1 is 1.30 bits per heavy atom. The molecule has 2 aromatic rings. The average molecular weight is 318 g/mol. The third-order valence-electron chi connectivity index (χ3n) is 3.73. The number of nitrogens with zero attached hydrogens (tertiary/aromatic N) is 1. The molecular formula is C17H24N3O3+. The van der Waals surface area contributed by atoms with Crippen molar-refractivity contribution in [3.63, 3.8) is 0 Å². The molecule has 124 valence electrons. The highest BCUT2D eigenvalue weighted by atomic mass is 16.5. The van der Waals surface area contributed by atoms with Crippen molar-refractivity contribution in [2.75, 3.05) is 27.3 Å². The molecule has 0 spiro atoms. The van der Waals surface area contributed by atoms with Crippen LogP contribution in [0.15, 0.2) is 29.1 Å². The number of likely N-dealkylation sites (N-methyl/N-ethyl adjacent to an activating group) is 1. The molecule has 1 aromatic carbocycles. The molecule has 0 saturated carbocycles. The van der Waals surface area contributed by atoms with Crippen molar-refractivity contribution in [1.29, 1.82) is 0 Å². The number of aromatic amines is 1. The number of aromatic nitrogens is 2. The van der Waals surface area contributed by atoms with Crippen LogP contribution in [-0.4, -0.2) is 37.3 Å². The zero-order valence-corrected chi connectivity index (χ0v) is 14.2. The third kappa shape index (κ3) is 3.90. The molecule has 0 amide bonds. The molecule has 0 radical (unpaired) electrons. The van der Waals surface area contributed by atoms with Crippen molar-refractivity contribution in [3.05, 3.63) is 40.5 Å². The number of methoxy groups -OCH3 is 2. The van der Waals surface area contributed by atoms with Gasteiger partial charge in [0.25, 0.3) is 5.56 Å². The third-order valence-corrected chi connectivity index (χ3v) is 3.73. The van der Waals surface area contributed by atoms with Crippen LogP contribution >= 0.6 is 0 Å². The molecule has 1 atom stereocenters. The van der Waals surface area contributed by atoms with Gasteiger partial charge in [-0.05, 0) is 25.5 Å². The van der Waals surface area contributed by atoms with Crippen molar-refractivity contribution < 1.29 is 14.4 Å². The van der Waals surface area contributed by atoms with Crippen LogP contribution in [-0.2, 0) is 6.54 Å². The van der Waals surface area contributed by atoms with E-state index in [1.54, 1.807) is 26.4 Å². The van der Waals surface area contributed by atoms with Crippen molar-refractivity contribution in [1.82, 2.24) is 9.97 Å². The fraction of sp³-hybridized carbons (Fsp3) is 0.412. The zero-order valence-electron chi connectivity index (χ0n) is 14.2. The van der Waals surface area contributed by atoms with Gasteiger partial charge in [0.1, 0.15) is 6.54 Å². The predicted octanol–water partition coefficient (Wildman–Crippen LogP) is 0.921. The zero-order chi connectivity index (χ0) is 17.0. The normalized spacial score (nSPS) is 12.2. The van der Waals surface area contributed by atoms with Gasteiger partial charge in [-0.15, -0.1) is 0 Å². The van der Waals surface area contributed by atoms with Crippen LogP contribution < -0.4 is 19.9 Å². The van der Waals surface area contributed by atoms with Gasteiger partial charge in [-0.25, -0.2) is 4.98 Å². The lowest BCUT2D eigenvalue weighted by Gasteiger charge is -2.17. The van der Waals surface area contributed by atoms with Gasteiger partial charge in [0.2, 0.25) is 0 Å². The van der Waals surface area contributed by atoms with E-state index in [0.717, 1.165) is 18.7 Å². The Kier molecular flexibility index (Phi) is 5.39. The van der Waals surface area contributed by atoms with Gasteiger partial charge < -0.3 is 19.4 Å². The second-order valence-electron chi connectivity index (χ2n) is 5.65. The molecule has 0 bridgehead atoms. The molecule has 1 aromatic heterocycles. The molecule has 0 fully saturated rings. The first-order valence-electron chi connectivity index (χ1n) is 7.61. The molecule has 6 nitrogen and oxygen atoms in total. The lowest BCUT2D eigenvalue weighted by atomic mass is 10.2. The summed E-state index contributed by atoms with van der Waals surface area (Å²) in [5, 5.41) is 0.490. The van der Waals surface area contributed by atoms with Gasteiger partial charge in [0, 0.05) is 6.07 Å². The Hall–Kier alpha value is -2.34. The number of rotatable bonds is 7. The van der Waals surface area contributed by atoms with Crippen molar-refractivity contribution >= 4 is 10.9 Å². The van der Waals surface area contributed by atoms with Crippen LogP contribution in [0.25, 0.3) is 10.9 Å². The van der Waals surface area contributed by atoms with E-state index in [1.807, 2.05) is 6.92 Å². The Morgan fingerprint density at radius 3 is 2.52 bits per heavy atom. The second kappa shape index (κ2) is 7.28. The first-order chi connectivity index (χ1) is 11.0. The van der Waals surface area contributed by atoms with Crippen LogP contribution in [0.4, 0.5) is 0 Å². The van der Waals surface area contributed by atoms with Gasteiger partial charge in [-0.1, -0.05) is 6.58 Å². The molecule has 0 aliphatic rings. The highest BCUT2D eigenvalue weighted by molar-refractivity contribution is 5.81. The average Bonchev–Trinajstić information content (AvgIpc) is 2.52. The first-order valence-corrected chi connectivity index (χ1v) is 7.61. The summed E-state index contributed by atoms with van der Waals surface area (Å²) in [5.41, 5.74) is 1.54. The maximum absolute atomic E-state index is 12.3. The number of fused-ring (bicyclic) bond motifs is 1. The molecule has 23 heavy (non-hydrogen) atoms. The summed E-state index contributed by atoms with van der Waals surface area (Å²) in [6.07, 6.45) is 0. The quantitative estimate of drug-likeness (QED) is 0.745. The lowest BCUT2D eigenvalue weighted by Crippen LogP contribution is -3.10. The van der Waals surface area contributed by atoms with Gasteiger partial charge >= 0.3 is 0 Å². The fourth-order valence-electron chi connectivity index (χ4n) is 2.57. The Balaban J connectivity index is 2.44. The summed E-state index contributed by atoms with van der Waals surface area (Å²) >= 11 is 0. The topological polar surface area (TPSA) is 68.7 Å². The van der Waals surface area contributed by atoms with E-state index in [9.17, 15) is 4.79 Å². The fourth-order valence-corrected chi connectivity index (χ4v) is 2.57. The smallest absolute Gasteiger partial charge is 0.259 e. The van der Waals surface area contributed by atoms with E-state index in [0.29, 0.717) is 34.8 Å². The van der Waals surface area contributed by atoms with E-state index < -0.39 is 0 Å². The molecule has 2 rings (SSSR count). The van der Waals surface area contributed by atoms with Crippen molar-refractivity contribution in [2.45, 2.75) is 20.4 Å². The first kappa shape index (κ1) is 17.0. The molecule has 6 heteroatoms. The van der Waals surface area contributed by atoms with Crippen LogP contribution in [0.2, 0.25) is 0 Å². The minimum Gasteiger partial charge on any atom is -0.493 e. The van der Waals surface area contributed by atoms with Gasteiger partial charge in [-0.2, -0.15) is 0 Å². The summed E-state index contributed by atoms with van der Waals surface area (Å²) < 4.78 is 10.5. The van der Waals surface area contributed by atoms with E-state index in [4.69, 9.17) is 9.47 Å². The lowest BCUT2D eigenvalue weighted by molar-refractivity contribution is -0.908. The largest absolute Gasteiger partial charge is 0.493 e. The summed E-state index contributed by atoms with van der Waals surface area (Å²) in [6.45, 7) is 10.5. The maximum atomic E-state index is 12.3. The molecular weight excluding hydrogens is 294 g/mol. The Labute approximate surface area is 135 Å². The minimum absolute atomic E-state index is 0.170. The highest BCUT2D eigenvalue weighted by Crippen LogP contribution is 2.29. The van der Waals surface area contributed by atoms with E-state index in [2.05, 4.69) is 23.5 Å². The number of hydrogen-bond donors (Lipinski definition) is 2. The van der Waals surface area contributed by atoms with Gasteiger partial charge in [-0.3, -0.25) is 4.79 Å². The number of benzene rings is 1. The SMILES string of the molecule is C=C(C)C[NH+](CC)Cc1nc2cc(OC)c(OC)cc2c(=O)[nH]1. The van der Waals surface area contributed by atoms with Gasteiger partial charge in [0.15, 0.2) is 17.3 Å². The summed E-state index contributed by atoms with van der Waals surface area (Å²) in [7, 11) is 3.10. The molecule has 0 aliphatic carbocycles. The molecule has 0 aliphatic heterocycles. The molecule has 0 saturated heterocycles. The number of ether oxygens (including phenoxy) is 2. The van der Waals surface area contributed by atoms with Crippen molar-refractivity contribution in [3.8, 4) is 11.5 Å². The van der Waals surface area contributed by atoms with Crippen molar-refractivity contribution in [2.24, 2.45) is 0 Å². The van der Waals surface area contributed by atoms with Crippen LogP contribution in [0.1, 0.15) is 19.7 Å². The maximum Gasteiger partial charge on any atom is 0.259 e. The number of H-pyrrole nitrogens is 1. The number of quaternary nitrogens is 1. The van der Waals surface area contributed by atoms with Crippen LogP contribution in [0, 0.1) is 0 Å². The standard InChI is InChI=1S/C17H23N3O3/c1-6-20(9-11(2)3)10-16-18-13-8-15(23-5)14(22-4)7-12(13)17(21)19-16/h7-8H,2,6,9-10H2,1,3-5H3,(H,18,19,21)/p+1. The highest BCUT2D eigenvalue weighted by Gasteiger charge is 2.14. The number of hydrogen-bond acceptors (Lipinski definition) is 4. The van der Waals surface area contributed by atoms with E-state index >= 15 is 0 Å². The molecule has 1 unspecified atom stereocenters. The molecule has 2 N–H and O–H groups in total. The summed E-state index contributed by atoms with van der Waals surface area (Å²) in [4.78, 5) is 21.1. The monoisotopic (exact) mass is 318 g/mol.